The number of hydrogen-bond donors (Lipinski definition) is 1. The molecule has 1 aliphatic heterocycles. The summed E-state index contributed by atoms with van der Waals surface area (Å²) in [5, 5.41) is 0. The summed E-state index contributed by atoms with van der Waals surface area (Å²) >= 11 is 0. The number of anilines is 1. The van der Waals surface area contributed by atoms with Gasteiger partial charge in [0.2, 0.25) is 0 Å². The highest BCUT2D eigenvalue weighted by Crippen LogP contribution is 2.35. The largest absolute Gasteiger partial charge is 0.490 e. The molecule has 0 saturated carbocycles. The van der Waals surface area contributed by atoms with Crippen molar-refractivity contribution in [3.8, 4) is 22.8 Å². The first-order valence-corrected chi connectivity index (χ1v) is 6.66. The number of fused-ring (bicyclic) bond motifs is 1. The topological polar surface area (TPSA) is 70.3 Å². The van der Waals surface area contributed by atoms with E-state index in [2.05, 4.69) is 9.97 Å². The van der Waals surface area contributed by atoms with Gasteiger partial charge < -0.3 is 15.2 Å². The Hall–Kier alpha value is -2.30. The van der Waals surface area contributed by atoms with E-state index >= 15 is 0 Å². The summed E-state index contributed by atoms with van der Waals surface area (Å²) in [7, 11) is 0. The lowest BCUT2D eigenvalue weighted by molar-refractivity contribution is 0.297. The summed E-state index contributed by atoms with van der Waals surface area (Å²) in [6.45, 7) is 5.11. The van der Waals surface area contributed by atoms with E-state index in [1.807, 2.05) is 32.0 Å². The maximum absolute atomic E-state index is 5.91. The Labute approximate surface area is 117 Å². The summed E-state index contributed by atoms with van der Waals surface area (Å²) in [4.78, 5) is 8.66. The van der Waals surface area contributed by atoms with Gasteiger partial charge in [-0.15, -0.1) is 0 Å². The van der Waals surface area contributed by atoms with Crippen LogP contribution in [-0.2, 0) is 0 Å². The van der Waals surface area contributed by atoms with E-state index in [0.29, 0.717) is 24.9 Å². The second-order valence-corrected chi connectivity index (χ2v) is 4.84. The van der Waals surface area contributed by atoms with Gasteiger partial charge in [0.05, 0.1) is 18.9 Å². The van der Waals surface area contributed by atoms with Gasteiger partial charge in [0.1, 0.15) is 11.6 Å². The first kappa shape index (κ1) is 12.7. The fraction of sp³-hybridized carbons (Fsp3) is 0.333. The molecule has 1 aromatic carbocycles. The molecule has 104 valence electrons. The average molecular weight is 271 g/mol. The van der Waals surface area contributed by atoms with Crippen LogP contribution in [0, 0.1) is 13.8 Å². The highest BCUT2D eigenvalue weighted by molar-refractivity contribution is 5.70. The molecule has 0 radical (unpaired) electrons. The molecule has 5 nitrogen and oxygen atoms in total. The van der Waals surface area contributed by atoms with Gasteiger partial charge in [-0.3, -0.25) is 0 Å². The Bertz CT molecular complexity index is 656. The van der Waals surface area contributed by atoms with Crippen molar-refractivity contribution in [1.29, 1.82) is 0 Å². The lowest BCUT2D eigenvalue weighted by Gasteiger charge is -2.12. The molecule has 0 unspecified atom stereocenters. The standard InChI is InChI=1S/C15H17N3O2/c1-9-14(17-10(2)18-15(9)16)11-4-5-12-13(8-11)20-7-3-6-19-12/h4-5,8H,3,6-7H2,1-2H3,(H2,16,17,18). The smallest absolute Gasteiger partial charge is 0.161 e. The third kappa shape index (κ3) is 2.27. The van der Waals surface area contributed by atoms with Crippen molar-refractivity contribution in [1.82, 2.24) is 9.97 Å². The molecule has 0 amide bonds. The third-order valence-electron chi connectivity index (χ3n) is 3.32. The highest BCUT2D eigenvalue weighted by atomic mass is 16.5. The van der Waals surface area contributed by atoms with E-state index in [1.165, 1.54) is 0 Å². The van der Waals surface area contributed by atoms with Crippen molar-refractivity contribution in [2.45, 2.75) is 20.3 Å². The molecule has 0 bridgehead atoms. The molecule has 5 heteroatoms. The average Bonchev–Trinajstić information content (AvgIpc) is 2.67. The fourth-order valence-electron chi connectivity index (χ4n) is 2.24. The summed E-state index contributed by atoms with van der Waals surface area (Å²) < 4.78 is 11.3. The van der Waals surface area contributed by atoms with E-state index in [4.69, 9.17) is 15.2 Å². The molecular formula is C15H17N3O2. The number of nitrogens with two attached hydrogens (primary N) is 1. The van der Waals surface area contributed by atoms with Crippen LogP contribution in [0.2, 0.25) is 0 Å². The molecule has 0 atom stereocenters. The van der Waals surface area contributed by atoms with Crippen LogP contribution in [0.25, 0.3) is 11.3 Å². The van der Waals surface area contributed by atoms with Crippen LogP contribution in [0.5, 0.6) is 11.5 Å². The van der Waals surface area contributed by atoms with Gasteiger partial charge in [0.15, 0.2) is 11.5 Å². The lowest BCUT2D eigenvalue weighted by atomic mass is 10.1. The van der Waals surface area contributed by atoms with Gasteiger partial charge in [0, 0.05) is 17.5 Å². The monoisotopic (exact) mass is 271 g/mol. The van der Waals surface area contributed by atoms with E-state index < -0.39 is 0 Å². The Morgan fingerprint density at radius 3 is 2.60 bits per heavy atom. The summed E-state index contributed by atoms with van der Waals surface area (Å²) in [6.07, 6.45) is 0.891. The van der Waals surface area contributed by atoms with Gasteiger partial charge in [-0.1, -0.05) is 0 Å². The number of aromatic nitrogens is 2. The number of nitrogens with zero attached hydrogens (tertiary/aromatic N) is 2. The van der Waals surface area contributed by atoms with Crippen LogP contribution in [0.3, 0.4) is 0 Å². The molecule has 0 spiro atoms. The predicted octanol–water partition coefficient (Wildman–Crippen LogP) is 2.50. The number of rotatable bonds is 1. The summed E-state index contributed by atoms with van der Waals surface area (Å²) in [6, 6.07) is 5.85. The zero-order valence-corrected chi connectivity index (χ0v) is 11.6. The predicted molar refractivity (Wildman–Crippen MR) is 77.0 cm³/mol. The van der Waals surface area contributed by atoms with Crippen molar-refractivity contribution in [3.63, 3.8) is 0 Å². The fourth-order valence-corrected chi connectivity index (χ4v) is 2.24. The second-order valence-electron chi connectivity index (χ2n) is 4.84. The molecule has 0 aliphatic carbocycles. The van der Waals surface area contributed by atoms with E-state index in [1.54, 1.807) is 0 Å². The highest BCUT2D eigenvalue weighted by Gasteiger charge is 2.14. The van der Waals surface area contributed by atoms with Crippen molar-refractivity contribution in [2.24, 2.45) is 0 Å². The Kier molecular flexibility index (Phi) is 3.18. The molecule has 2 aromatic rings. The third-order valence-corrected chi connectivity index (χ3v) is 3.32. The molecule has 3 rings (SSSR count). The number of aryl methyl sites for hydroxylation is 1. The molecule has 1 aromatic heterocycles. The molecule has 1 aliphatic rings. The van der Waals surface area contributed by atoms with E-state index in [0.717, 1.165) is 34.7 Å². The van der Waals surface area contributed by atoms with Crippen molar-refractivity contribution in [2.75, 3.05) is 18.9 Å². The van der Waals surface area contributed by atoms with Gasteiger partial charge in [0.25, 0.3) is 0 Å². The number of benzene rings is 1. The van der Waals surface area contributed by atoms with Crippen LogP contribution < -0.4 is 15.2 Å². The maximum atomic E-state index is 5.91. The SMILES string of the molecule is Cc1nc(N)c(C)c(-c2ccc3c(c2)OCCCO3)n1. The molecule has 2 N–H and O–H groups in total. The van der Waals surface area contributed by atoms with Crippen molar-refractivity contribution in [3.05, 3.63) is 29.6 Å². The Balaban J connectivity index is 2.09. The molecule has 0 fully saturated rings. The lowest BCUT2D eigenvalue weighted by Crippen LogP contribution is -2.02. The maximum Gasteiger partial charge on any atom is 0.161 e. The number of ether oxygens (including phenoxy) is 2. The minimum atomic E-state index is 0.514. The van der Waals surface area contributed by atoms with E-state index in [9.17, 15) is 0 Å². The Morgan fingerprint density at radius 2 is 1.80 bits per heavy atom. The summed E-state index contributed by atoms with van der Waals surface area (Å²) in [5.41, 5.74) is 8.59. The van der Waals surface area contributed by atoms with Crippen LogP contribution >= 0.6 is 0 Å². The zero-order chi connectivity index (χ0) is 14.1. The molecule has 20 heavy (non-hydrogen) atoms. The van der Waals surface area contributed by atoms with Crippen LogP contribution in [0.4, 0.5) is 5.82 Å². The van der Waals surface area contributed by atoms with Crippen molar-refractivity contribution < 1.29 is 9.47 Å². The number of hydrogen-bond acceptors (Lipinski definition) is 5. The summed E-state index contributed by atoms with van der Waals surface area (Å²) in [5.74, 6) is 2.71. The molecule has 2 heterocycles. The van der Waals surface area contributed by atoms with Gasteiger partial charge in [-0.05, 0) is 32.0 Å². The second kappa shape index (κ2) is 5.00. The van der Waals surface area contributed by atoms with Gasteiger partial charge >= 0.3 is 0 Å². The number of nitrogen functional groups attached to an aromatic ring is 1. The first-order chi connectivity index (χ1) is 9.65. The van der Waals surface area contributed by atoms with E-state index in [-0.39, 0.29) is 0 Å². The quantitative estimate of drug-likeness (QED) is 0.863. The van der Waals surface area contributed by atoms with Gasteiger partial charge in [-0.25, -0.2) is 9.97 Å². The molecule has 0 saturated heterocycles. The normalized spacial score (nSPS) is 13.9. The zero-order valence-electron chi connectivity index (χ0n) is 11.6. The van der Waals surface area contributed by atoms with Crippen LogP contribution in [-0.4, -0.2) is 23.2 Å². The minimum Gasteiger partial charge on any atom is -0.490 e. The minimum absolute atomic E-state index is 0.514. The molecular weight excluding hydrogens is 254 g/mol. The van der Waals surface area contributed by atoms with Crippen LogP contribution in [0.1, 0.15) is 17.8 Å². The van der Waals surface area contributed by atoms with Crippen molar-refractivity contribution >= 4 is 5.82 Å². The van der Waals surface area contributed by atoms with Gasteiger partial charge in [-0.2, -0.15) is 0 Å². The first-order valence-electron chi connectivity index (χ1n) is 6.66. The van der Waals surface area contributed by atoms with Crippen LogP contribution in [0.15, 0.2) is 18.2 Å². The Morgan fingerprint density at radius 1 is 1.05 bits per heavy atom.